The third kappa shape index (κ3) is 2.81. The molecule has 0 saturated carbocycles. The fraction of sp³-hybridized carbons (Fsp3) is 0.333. The average Bonchev–Trinajstić information content (AvgIpc) is 2.28. The van der Waals surface area contributed by atoms with Crippen LogP contribution < -0.4 is 0 Å². The van der Waals surface area contributed by atoms with Gasteiger partial charge in [-0.15, -0.1) is 0 Å². The molecule has 1 aliphatic rings. The Morgan fingerprint density at radius 3 is 2.81 bits per heavy atom. The van der Waals surface area contributed by atoms with Gasteiger partial charge in [-0.3, -0.25) is 0 Å². The molecular formula is C12H13NO3. The maximum atomic E-state index is 10.6. The van der Waals surface area contributed by atoms with Crippen LogP contribution in [0.1, 0.15) is 13.3 Å². The number of nitriles is 1. The molecule has 0 aromatic rings. The smallest absolute Gasteiger partial charge is 0.346 e. The van der Waals surface area contributed by atoms with Crippen molar-refractivity contribution in [1.82, 2.24) is 0 Å². The van der Waals surface area contributed by atoms with E-state index >= 15 is 0 Å². The first-order chi connectivity index (χ1) is 7.50. The molecule has 1 aliphatic carbocycles. The van der Waals surface area contributed by atoms with E-state index in [-0.39, 0.29) is 11.2 Å². The predicted molar refractivity (Wildman–Crippen MR) is 58.6 cm³/mol. The van der Waals surface area contributed by atoms with Gasteiger partial charge < -0.3 is 9.84 Å². The molecule has 0 fully saturated rings. The van der Waals surface area contributed by atoms with Gasteiger partial charge in [-0.1, -0.05) is 18.2 Å². The molecule has 0 aliphatic heterocycles. The third-order valence-corrected chi connectivity index (χ3v) is 2.50. The lowest BCUT2D eigenvalue weighted by Gasteiger charge is -2.25. The number of aliphatic carboxylic acids is 1. The van der Waals surface area contributed by atoms with Crippen molar-refractivity contribution in [1.29, 1.82) is 5.26 Å². The molecule has 0 spiro atoms. The molecule has 0 saturated heterocycles. The quantitative estimate of drug-likeness (QED) is 0.580. The Bertz CT molecular complexity index is 426. The fourth-order valence-corrected chi connectivity index (χ4v) is 1.30. The summed E-state index contributed by atoms with van der Waals surface area (Å²) >= 11 is 0. The Labute approximate surface area is 94.1 Å². The first-order valence-electron chi connectivity index (χ1n) is 4.80. The van der Waals surface area contributed by atoms with E-state index in [1.54, 1.807) is 19.3 Å². The minimum atomic E-state index is -1.21. The number of carboxylic acids is 1. The molecule has 0 aromatic heterocycles. The van der Waals surface area contributed by atoms with Crippen molar-refractivity contribution in [2.45, 2.75) is 18.9 Å². The fourth-order valence-electron chi connectivity index (χ4n) is 1.30. The molecule has 84 valence electrons. The Balaban J connectivity index is 2.86. The third-order valence-electron chi connectivity index (χ3n) is 2.50. The maximum absolute atomic E-state index is 10.6. The first kappa shape index (κ1) is 12.2. The van der Waals surface area contributed by atoms with Crippen LogP contribution in [0.2, 0.25) is 0 Å². The molecular weight excluding hydrogens is 206 g/mol. The lowest BCUT2D eigenvalue weighted by atomic mass is 9.93. The molecule has 1 rings (SSSR count). The molecule has 0 heterocycles. The average molecular weight is 219 g/mol. The summed E-state index contributed by atoms with van der Waals surface area (Å²) < 4.78 is 5.27. The zero-order valence-corrected chi connectivity index (χ0v) is 9.23. The molecule has 1 atom stereocenters. The topological polar surface area (TPSA) is 70.3 Å². The van der Waals surface area contributed by atoms with Crippen LogP contribution in [0.25, 0.3) is 0 Å². The summed E-state index contributed by atoms with van der Waals surface area (Å²) in [5.41, 5.74) is 0.110. The Hall–Kier alpha value is -1.86. The van der Waals surface area contributed by atoms with E-state index in [2.05, 4.69) is 0 Å². The van der Waals surface area contributed by atoms with E-state index in [1.807, 2.05) is 19.1 Å². The predicted octanol–water partition coefficient (Wildman–Crippen LogP) is 1.81. The van der Waals surface area contributed by atoms with Crippen molar-refractivity contribution in [2.24, 2.45) is 0 Å². The van der Waals surface area contributed by atoms with E-state index in [9.17, 15) is 4.79 Å². The lowest BCUT2D eigenvalue weighted by Crippen LogP contribution is -2.25. The standard InChI is InChI=1S/C12H13NO3/c1-12(16-2)5-3-9(4-6-12)7-10(8-13)11(14)15/h3-5,7H,6H2,1-2H3,(H,14,15). The number of hydrogen-bond acceptors (Lipinski definition) is 3. The molecule has 0 amide bonds. The van der Waals surface area contributed by atoms with Gasteiger partial charge >= 0.3 is 5.97 Å². The maximum Gasteiger partial charge on any atom is 0.346 e. The zero-order valence-electron chi connectivity index (χ0n) is 9.23. The van der Waals surface area contributed by atoms with Crippen molar-refractivity contribution in [2.75, 3.05) is 7.11 Å². The minimum absolute atomic E-state index is 0.267. The summed E-state index contributed by atoms with van der Waals surface area (Å²) in [6.45, 7) is 1.93. The van der Waals surface area contributed by atoms with E-state index in [1.165, 1.54) is 6.08 Å². The highest BCUT2D eigenvalue weighted by molar-refractivity contribution is 5.91. The second kappa shape index (κ2) is 4.77. The van der Waals surface area contributed by atoms with Crippen molar-refractivity contribution in [3.8, 4) is 6.07 Å². The van der Waals surface area contributed by atoms with Crippen LogP contribution in [0.3, 0.4) is 0 Å². The van der Waals surface area contributed by atoms with Gasteiger partial charge in [0.05, 0.1) is 5.60 Å². The van der Waals surface area contributed by atoms with Crippen molar-refractivity contribution < 1.29 is 14.6 Å². The highest BCUT2D eigenvalue weighted by atomic mass is 16.5. The molecule has 0 aromatic carbocycles. The Morgan fingerprint density at radius 1 is 1.75 bits per heavy atom. The number of carboxylic acid groups (broad SMARTS) is 1. The molecule has 0 radical (unpaired) electrons. The largest absolute Gasteiger partial charge is 0.477 e. The summed E-state index contributed by atoms with van der Waals surface area (Å²) in [7, 11) is 1.62. The van der Waals surface area contributed by atoms with E-state index in [0.29, 0.717) is 12.0 Å². The number of methoxy groups -OCH3 is 1. The monoisotopic (exact) mass is 219 g/mol. The minimum Gasteiger partial charge on any atom is -0.477 e. The van der Waals surface area contributed by atoms with E-state index in [0.717, 1.165) is 0 Å². The SMILES string of the molecule is COC1(C)C=CC(C=C(C#N)C(=O)O)=CC1. The second-order valence-electron chi connectivity index (χ2n) is 3.73. The summed E-state index contributed by atoms with van der Waals surface area (Å²) in [5, 5.41) is 17.3. The van der Waals surface area contributed by atoms with Crippen LogP contribution >= 0.6 is 0 Å². The Morgan fingerprint density at radius 2 is 2.44 bits per heavy atom. The van der Waals surface area contributed by atoms with Crippen LogP contribution in [0.4, 0.5) is 0 Å². The summed E-state index contributed by atoms with van der Waals surface area (Å²) in [5.74, 6) is -1.21. The first-order valence-corrected chi connectivity index (χ1v) is 4.80. The van der Waals surface area contributed by atoms with Gasteiger partial charge in [0.2, 0.25) is 0 Å². The molecule has 1 unspecified atom stereocenters. The number of ether oxygens (including phenoxy) is 1. The van der Waals surface area contributed by atoms with Gasteiger partial charge in [-0.05, 0) is 25.0 Å². The van der Waals surface area contributed by atoms with Crippen LogP contribution in [0, 0.1) is 11.3 Å². The van der Waals surface area contributed by atoms with E-state index < -0.39 is 5.97 Å². The summed E-state index contributed by atoms with van der Waals surface area (Å²) in [4.78, 5) is 10.6. The van der Waals surface area contributed by atoms with Crippen LogP contribution in [-0.2, 0) is 9.53 Å². The highest BCUT2D eigenvalue weighted by Gasteiger charge is 2.21. The molecule has 16 heavy (non-hydrogen) atoms. The van der Waals surface area contributed by atoms with Crippen LogP contribution in [0.15, 0.2) is 35.5 Å². The van der Waals surface area contributed by atoms with Crippen molar-refractivity contribution in [3.05, 3.63) is 35.5 Å². The van der Waals surface area contributed by atoms with Gasteiger partial charge in [0.1, 0.15) is 11.6 Å². The van der Waals surface area contributed by atoms with Crippen LogP contribution in [0.5, 0.6) is 0 Å². The lowest BCUT2D eigenvalue weighted by molar-refractivity contribution is -0.132. The number of carbonyl (C=O) groups is 1. The number of nitrogens with zero attached hydrogens (tertiary/aromatic N) is 1. The normalized spacial score (nSPS) is 24.8. The van der Waals surface area contributed by atoms with Gasteiger partial charge in [0.15, 0.2) is 0 Å². The second-order valence-corrected chi connectivity index (χ2v) is 3.73. The van der Waals surface area contributed by atoms with Crippen molar-refractivity contribution >= 4 is 5.97 Å². The highest BCUT2D eigenvalue weighted by Crippen LogP contribution is 2.24. The van der Waals surface area contributed by atoms with E-state index in [4.69, 9.17) is 15.1 Å². The molecule has 4 nitrogen and oxygen atoms in total. The summed E-state index contributed by atoms with van der Waals surface area (Å²) in [6, 6.07) is 1.64. The van der Waals surface area contributed by atoms with Gasteiger partial charge in [0.25, 0.3) is 0 Å². The summed E-state index contributed by atoms with van der Waals surface area (Å²) in [6.07, 6.45) is 7.48. The van der Waals surface area contributed by atoms with Gasteiger partial charge in [-0.25, -0.2) is 4.79 Å². The number of rotatable bonds is 3. The molecule has 1 N–H and O–H groups in total. The number of hydrogen-bond donors (Lipinski definition) is 1. The van der Waals surface area contributed by atoms with Gasteiger partial charge in [-0.2, -0.15) is 5.26 Å². The molecule has 0 bridgehead atoms. The van der Waals surface area contributed by atoms with Crippen molar-refractivity contribution in [3.63, 3.8) is 0 Å². The Kier molecular flexibility index (Phi) is 3.64. The zero-order chi connectivity index (χ0) is 12.2. The van der Waals surface area contributed by atoms with Crippen LogP contribution in [-0.4, -0.2) is 23.8 Å². The van der Waals surface area contributed by atoms with Gasteiger partial charge in [0, 0.05) is 7.11 Å². The molecule has 4 heteroatoms. The number of allylic oxidation sites excluding steroid dienone is 3.